The van der Waals surface area contributed by atoms with Gasteiger partial charge in [-0.2, -0.15) is 0 Å². The molecule has 35 heavy (non-hydrogen) atoms. The molecule has 0 spiro atoms. The summed E-state index contributed by atoms with van der Waals surface area (Å²) in [4.78, 5) is 33.9. The highest BCUT2D eigenvalue weighted by atomic mass is 32.1. The largest absolute Gasteiger partial charge is 0.503 e. The van der Waals surface area contributed by atoms with E-state index in [-0.39, 0.29) is 11.3 Å². The number of Topliss-reactive ketones (excluding diaryl/α,β-unsaturated/α-hetero) is 1. The van der Waals surface area contributed by atoms with Crippen LogP contribution in [0.5, 0.6) is 11.5 Å². The van der Waals surface area contributed by atoms with Crippen LogP contribution in [0, 0.1) is 13.8 Å². The number of aromatic nitrogens is 1. The Morgan fingerprint density at radius 1 is 1.09 bits per heavy atom. The molecule has 178 valence electrons. The van der Waals surface area contributed by atoms with E-state index in [4.69, 9.17) is 13.9 Å². The van der Waals surface area contributed by atoms with E-state index >= 15 is 0 Å². The Labute approximate surface area is 205 Å². The summed E-state index contributed by atoms with van der Waals surface area (Å²) in [7, 11) is 3.02. The molecule has 1 atom stereocenters. The molecule has 0 bridgehead atoms. The highest BCUT2D eigenvalue weighted by Crippen LogP contribution is 2.45. The molecular weight excluding hydrogens is 468 g/mol. The van der Waals surface area contributed by atoms with E-state index in [1.807, 2.05) is 26.0 Å². The number of thiazole rings is 1. The fraction of sp³-hybridized carbons (Fsp3) is 0.192. The number of hydrogen-bond acceptors (Lipinski definition) is 8. The lowest BCUT2D eigenvalue weighted by Crippen LogP contribution is -2.31. The topological polar surface area (TPSA) is 102 Å². The molecule has 0 saturated heterocycles. The highest BCUT2D eigenvalue weighted by molar-refractivity contribution is 7.15. The number of nitrogens with zero attached hydrogens (tertiary/aromatic N) is 2. The number of fused-ring (bicyclic) bond motifs is 1. The van der Waals surface area contributed by atoms with Gasteiger partial charge in [0.2, 0.25) is 5.78 Å². The number of ether oxygens (including phenoxy) is 2. The molecule has 1 amide bonds. The summed E-state index contributed by atoms with van der Waals surface area (Å²) >= 11 is 1.31. The van der Waals surface area contributed by atoms with E-state index < -0.39 is 23.5 Å². The van der Waals surface area contributed by atoms with Crippen molar-refractivity contribution in [3.05, 3.63) is 81.8 Å². The van der Waals surface area contributed by atoms with Crippen LogP contribution in [-0.2, 0) is 4.79 Å². The van der Waals surface area contributed by atoms with E-state index in [0.717, 1.165) is 16.0 Å². The number of aliphatic hydroxyl groups is 1. The molecule has 1 aliphatic heterocycles. The van der Waals surface area contributed by atoms with Gasteiger partial charge in [0.1, 0.15) is 5.58 Å². The smallest absolute Gasteiger partial charge is 0.296 e. The number of anilines is 1. The number of carbonyl (C=O) groups is 2. The summed E-state index contributed by atoms with van der Waals surface area (Å²) < 4.78 is 16.6. The number of aryl methyl sites for hydroxylation is 2. The Kier molecular flexibility index (Phi) is 5.56. The number of ketones is 1. The van der Waals surface area contributed by atoms with Gasteiger partial charge >= 0.3 is 0 Å². The lowest BCUT2D eigenvalue weighted by molar-refractivity contribution is -0.117. The second-order valence-corrected chi connectivity index (χ2v) is 9.25. The van der Waals surface area contributed by atoms with Gasteiger partial charge in [-0.3, -0.25) is 14.5 Å². The monoisotopic (exact) mass is 490 g/mol. The Morgan fingerprint density at radius 2 is 1.83 bits per heavy atom. The molecule has 1 N–H and O–H groups in total. The summed E-state index contributed by atoms with van der Waals surface area (Å²) in [6.07, 6.45) is 0. The molecule has 0 saturated carbocycles. The number of benzene rings is 2. The average molecular weight is 491 g/mol. The molecular formula is C26H22N2O6S. The minimum Gasteiger partial charge on any atom is -0.503 e. The van der Waals surface area contributed by atoms with Crippen molar-refractivity contribution in [2.24, 2.45) is 0 Å². The molecule has 1 aliphatic rings. The van der Waals surface area contributed by atoms with Crippen molar-refractivity contribution in [1.82, 2.24) is 4.98 Å². The molecule has 1 unspecified atom stereocenters. The molecule has 2 aromatic heterocycles. The summed E-state index contributed by atoms with van der Waals surface area (Å²) in [6, 6.07) is 13.0. The highest BCUT2D eigenvalue weighted by Gasteiger charge is 2.46. The first-order chi connectivity index (χ1) is 16.8. The number of amides is 1. The van der Waals surface area contributed by atoms with Crippen molar-refractivity contribution in [3.63, 3.8) is 0 Å². The maximum absolute atomic E-state index is 13.7. The van der Waals surface area contributed by atoms with Crippen LogP contribution in [0.4, 0.5) is 5.13 Å². The number of carbonyl (C=O) groups excluding carboxylic acids is 2. The predicted molar refractivity (Wildman–Crippen MR) is 132 cm³/mol. The fourth-order valence-electron chi connectivity index (χ4n) is 4.16. The van der Waals surface area contributed by atoms with Gasteiger partial charge in [-0.05, 0) is 43.7 Å². The lowest BCUT2D eigenvalue weighted by atomic mass is 9.95. The minimum atomic E-state index is -0.951. The third-order valence-corrected chi connectivity index (χ3v) is 7.12. The Hall–Kier alpha value is -4.11. The summed E-state index contributed by atoms with van der Waals surface area (Å²) in [5, 5.41) is 12.1. The predicted octanol–water partition coefficient (Wildman–Crippen LogP) is 5.31. The number of furan rings is 1. The second kappa shape index (κ2) is 8.59. The van der Waals surface area contributed by atoms with Crippen LogP contribution in [0.1, 0.15) is 32.7 Å². The van der Waals surface area contributed by atoms with Gasteiger partial charge in [0.15, 0.2) is 28.1 Å². The zero-order valence-electron chi connectivity index (χ0n) is 19.5. The van der Waals surface area contributed by atoms with Crippen LogP contribution in [0.25, 0.3) is 11.0 Å². The van der Waals surface area contributed by atoms with Crippen molar-refractivity contribution in [1.29, 1.82) is 0 Å². The Balaban J connectivity index is 1.69. The van der Waals surface area contributed by atoms with Gasteiger partial charge in [0.25, 0.3) is 5.91 Å². The van der Waals surface area contributed by atoms with Crippen LogP contribution in [0.3, 0.4) is 0 Å². The van der Waals surface area contributed by atoms with E-state index in [1.54, 1.807) is 36.4 Å². The third-order valence-electron chi connectivity index (χ3n) is 6.05. The molecule has 0 fully saturated rings. The molecule has 4 aromatic rings. The molecule has 8 nitrogen and oxygen atoms in total. The number of aliphatic hydroxyl groups excluding tert-OH is 1. The van der Waals surface area contributed by atoms with Crippen molar-refractivity contribution in [3.8, 4) is 11.5 Å². The van der Waals surface area contributed by atoms with Gasteiger partial charge in [-0.25, -0.2) is 4.98 Å². The molecule has 0 radical (unpaired) electrons. The van der Waals surface area contributed by atoms with E-state index in [9.17, 15) is 14.7 Å². The van der Waals surface area contributed by atoms with Crippen molar-refractivity contribution in [2.75, 3.05) is 19.1 Å². The van der Waals surface area contributed by atoms with Crippen LogP contribution in [0.2, 0.25) is 0 Å². The van der Waals surface area contributed by atoms with E-state index in [1.165, 1.54) is 30.5 Å². The van der Waals surface area contributed by atoms with Gasteiger partial charge < -0.3 is 19.0 Å². The molecule has 3 heterocycles. The van der Waals surface area contributed by atoms with Gasteiger partial charge in [-0.15, -0.1) is 11.3 Å². The van der Waals surface area contributed by atoms with Crippen molar-refractivity contribution in [2.45, 2.75) is 19.9 Å². The van der Waals surface area contributed by atoms with E-state index in [2.05, 4.69) is 4.98 Å². The van der Waals surface area contributed by atoms with Gasteiger partial charge in [-0.1, -0.05) is 24.3 Å². The zero-order chi connectivity index (χ0) is 24.9. The fourth-order valence-corrected chi connectivity index (χ4v) is 5.09. The van der Waals surface area contributed by atoms with Crippen LogP contribution in [0.15, 0.2) is 64.3 Å². The van der Waals surface area contributed by atoms with Crippen LogP contribution in [-0.4, -0.2) is 36.0 Å². The lowest BCUT2D eigenvalue weighted by Gasteiger charge is -2.25. The summed E-state index contributed by atoms with van der Waals surface area (Å²) in [6.45, 7) is 3.74. The van der Waals surface area contributed by atoms with Crippen molar-refractivity contribution < 1.29 is 28.6 Å². The number of hydrogen-bond donors (Lipinski definition) is 1. The third kappa shape index (κ3) is 3.64. The molecule has 0 aliphatic carbocycles. The summed E-state index contributed by atoms with van der Waals surface area (Å²) in [5.41, 5.74) is 1.75. The van der Waals surface area contributed by atoms with Crippen molar-refractivity contribution >= 4 is 39.1 Å². The molecule has 5 rings (SSSR count). The Bertz CT molecular complexity index is 1460. The number of methoxy groups -OCH3 is 2. The maximum Gasteiger partial charge on any atom is 0.296 e. The SMILES string of the molecule is COc1ccc(C2C(C(=O)c3cc4ccccc4o3)=C(O)C(=O)N2c2nc(C)c(C)s2)cc1OC. The van der Waals surface area contributed by atoms with E-state index in [0.29, 0.717) is 27.8 Å². The maximum atomic E-state index is 13.7. The second-order valence-electron chi connectivity index (χ2n) is 8.07. The minimum absolute atomic E-state index is 0.0272. The van der Waals surface area contributed by atoms with Gasteiger partial charge in [0.05, 0.1) is 31.5 Å². The first kappa shape index (κ1) is 22.7. The Morgan fingerprint density at radius 3 is 2.49 bits per heavy atom. The van der Waals surface area contributed by atoms with Crippen LogP contribution >= 0.6 is 11.3 Å². The number of para-hydroxylation sites is 1. The average Bonchev–Trinajstić information content (AvgIpc) is 3.52. The molecule has 2 aromatic carbocycles. The molecule has 9 heteroatoms. The first-order valence-electron chi connectivity index (χ1n) is 10.8. The normalized spacial score (nSPS) is 15.8. The standard InChI is InChI=1S/C26H22N2O6S/c1-13-14(2)35-26(27-13)28-22(16-9-10-18(32-3)19(12-16)33-4)21(24(30)25(28)31)23(29)20-11-15-7-5-6-8-17(15)34-20/h5-12,22,30H,1-4H3. The first-order valence-corrected chi connectivity index (χ1v) is 11.6. The van der Waals surface area contributed by atoms with Crippen LogP contribution < -0.4 is 14.4 Å². The number of rotatable bonds is 6. The summed E-state index contributed by atoms with van der Waals surface area (Å²) in [5.74, 6) is -0.991. The quantitative estimate of drug-likeness (QED) is 0.366. The zero-order valence-corrected chi connectivity index (χ0v) is 20.3. The van der Waals surface area contributed by atoms with Gasteiger partial charge in [0, 0.05) is 10.3 Å².